The summed E-state index contributed by atoms with van der Waals surface area (Å²) in [6, 6.07) is 7.71. The third-order valence-electron chi connectivity index (χ3n) is 3.54. The van der Waals surface area contributed by atoms with Crippen molar-refractivity contribution >= 4 is 34.6 Å². The van der Waals surface area contributed by atoms with Crippen molar-refractivity contribution in [3.8, 4) is 0 Å². The number of aryl methyl sites for hydroxylation is 1. The van der Waals surface area contributed by atoms with Crippen LogP contribution in [0, 0.1) is 5.92 Å². The van der Waals surface area contributed by atoms with E-state index in [1.54, 1.807) is 11.8 Å². The Morgan fingerprint density at radius 1 is 1.30 bits per heavy atom. The van der Waals surface area contributed by atoms with Gasteiger partial charge in [-0.2, -0.15) is 11.8 Å². The normalized spacial score (nSPS) is 12.1. The van der Waals surface area contributed by atoms with Crippen molar-refractivity contribution in [3.63, 3.8) is 0 Å². The minimum Gasteiger partial charge on any atom is -0.318 e. The van der Waals surface area contributed by atoms with Crippen LogP contribution < -0.4 is 10.9 Å². The summed E-state index contributed by atoms with van der Waals surface area (Å²) in [6.45, 7) is 3.96. The average molecular weight is 334 g/mol. The van der Waals surface area contributed by atoms with Crippen LogP contribution in [0.2, 0.25) is 0 Å². The van der Waals surface area contributed by atoms with E-state index >= 15 is 0 Å². The van der Waals surface area contributed by atoms with E-state index in [4.69, 9.17) is 0 Å². The second-order valence-electron chi connectivity index (χ2n) is 5.35. The van der Waals surface area contributed by atoms with E-state index in [0.29, 0.717) is 5.75 Å². The number of hydrogen-bond acceptors (Lipinski definition) is 4. The number of hydrogen-bond donors (Lipinski definition) is 2. The van der Waals surface area contributed by atoms with Crippen LogP contribution in [0.25, 0.3) is 11.0 Å². The van der Waals surface area contributed by atoms with Gasteiger partial charge in [0.05, 0.1) is 11.0 Å². The smallest absolute Gasteiger partial charge is 0.258 e. The van der Waals surface area contributed by atoms with Crippen LogP contribution in [-0.2, 0) is 22.6 Å². The highest BCUT2D eigenvalue weighted by atomic mass is 32.2. The summed E-state index contributed by atoms with van der Waals surface area (Å²) >= 11 is 1.60. The van der Waals surface area contributed by atoms with Crippen LogP contribution in [0.3, 0.4) is 0 Å². The van der Waals surface area contributed by atoms with Gasteiger partial charge in [0.25, 0.3) is 5.91 Å². The van der Waals surface area contributed by atoms with Gasteiger partial charge >= 0.3 is 0 Å². The summed E-state index contributed by atoms with van der Waals surface area (Å²) in [5, 5.41) is 0. The van der Waals surface area contributed by atoms with Crippen LogP contribution in [0.1, 0.15) is 19.7 Å². The summed E-state index contributed by atoms with van der Waals surface area (Å²) in [6.07, 6.45) is 2.68. The Labute approximate surface area is 140 Å². The van der Waals surface area contributed by atoms with E-state index in [-0.39, 0.29) is 24.3 Å². The highest BCUT2D eigenvalue weighted by Crippen LogP contribution is 2.16. The minimum absolute atomic E-state index is 0.126. The first kappa shape index (κ1) is 17.3. The molecular formula is C16H22N4O2S. The SMILES string of the molecule is CCc1nc2ccccc2n1CC(=O)NNC(=O)[C@@H](C)CSC. The van der Waals surface area contributed by atoms with Crippen molar-refractivity contribution in [1.29, 1.82) is 0 Å². The van der Waals surface area contributed by atoms with Crippen molar-refractivity contribution in [1.82, 2.24) is 20.4 Å². The maximum absolute atomic E-state index is 12.1. The van der Waals surface area contributed by atoms with Gasteiger partial charge in [-0.3, -0.25) is 20.4 Å². The molecule has 23 heavy (non-hydrogen) atoms. The Balaban J connectivity index is 2.02. The molecule has 0 aliphatic heterocycles. The van der Waals surface area contributed by atoms with Crippen molar-refractivity contribution in [2.24, 2.45) is 5.92 Å². The summed E-state index contributed by atoms with van der Waals surface area (Å²) in [5.41, 5.74) is 6.75. The third-order valence-corrected chi connectivity index (χ3v) is 4.37. The molecule has 2 amide bonds. The number of nitrogens with one attached hydrogen (secondary N) is 2. The molecule has 0 aliphatic carbocycles. The van der Waals surface area contributed by atoms with E-state index in [2.05, 4.69) is 15.8 Å². The number of thioether (sulfide) groups is 1. The van der Waals surface area contributed by atoms with Gasteiger partial charge in [-0.15, -0.1) is 0 Å². The molecule has 0 radical (unpaired) electrons. The quantitative estimate of drug-likeness (QED) is 0.789. The average Bonchev–Trinajstić information content (AvgIpc) is 2.90. The molecule has 1 atom stereocenters. The number of rotatable bonds is 6. The molecule has 6 nitrogen and oxygen atoms in total. The lowest BCUT2D eigenvalue weighted by Gasteiger charge is -2.13. The number of carbonyl (C=O) groups is 2. The fourth-order valence-corrected chi connectivity index (χ4v) is 2.99. The molecule has 1 aromatic heterocycles. The van der Waals surface area contributed by atoms with Crippen LogP contribution >= 0.6 is 11.8 Å². The maximum atomic E-state index is 12.1. The van der Waals surface area contributed by atoms with E-state index in [1.165, 1.54) is 0 Å². The first-order chi connectivity index (χ1) is 11.1. The van der Waals surface area contributed by atoms with Gasteiger partial charge in [0, 0.05) is 18.1 Å². The number of nitrogens with zero attached hydrogens (tertiary/aromatic N) is 2. The highest BCUT2D eigenvalue weighted by Gasteiger charge is 2.15. The van der Waals surface area contributed by atoms with Gasteiger partial charge in [-0.05, 0) is 18.4 Å². The number of benzene rings is 1. The molecular weight excluding hydrogens is 312 g/mol. The first-order valence-electron chi connectivity index (χ1n) is 7.58. The Kier molecular flexibility index (Phi) is 6.04. The Morgan fingerprint density at radius 3 is 2.74 bits per heavy atom. The minimum atomic E-state index is -0.271. The fourth-order valence-electron chi connectivity index (χ4n) is 2.34. The monoisotopic (exact) mass is 334 g/mol. The third kappa shape index (κ3) is 4.25. The van der Waals surface area contributed by atoms with Gasteiger partial charge in [-0.1, -0.05) is 26.0 Å². The molecule has 124 valence electrons. The topological polar surface area (TPSA) is 76.0 Å². The number of carbonyl (C=O) groups excluding carboxylic acids is 2. The zero-order chi connectivity index (χ0) is 16.8. The molecule has 1 aromatic carbocycles. The fraction of sp³-hybridized carbons (Fsp3) is 0.438. The van der Waals surface area contributed by atoms with E-state index < -0.39 is 0 Å². The zero-order valence-corrected chi connectivity index (χ0v) is 14.4. The number of amides is 2. The summed E-state index contributed by atoms with van der Waals surface area (Å²) in [7, 11) is 0. The predicted octanol–water partition coefficient (Wildman–Crippen LogP) is 1.75. The van der Waals surface area contributed by atoms with Crippen LogP contribution in [-0.4, -0.2) is 33.4 Å². The van der Waals surface area contributed by atoms with E-state index in [9.17, 15) is 9.59 Å². The largest absolute Gasteiger partial charge is 0.318 e. The Hall–Kier alpha value is -2.02. The molecule has 0 unspecified atom stereocenters. The Bertz CT molecular complexity index is 698. The second-order valence-corrected chi connectivity index (χ2v) is 6.26. The van der Waals surface area contributed by atoms with Crippen LogP contribution in [0.15, 0.2) is 24.3 Å². The van der Waals surface area contributed by atoms with Crippen molar-refractivity contribution in [2.75, 3.05) is 12.0 Å². The molecule has 0 fully saturated rings. The molecule has 0 saturated carbocycles. The number of para-hydroxylation sites is 2. The lowest BCUT2D eigenvalue weighted by molar-refractivity contribution is -0.130. The first-order valence-corrected chi connectivity index (χ1v) is 8.98. The molecule has 1 heterocycles. The molecule has 7 heteroatoms. The van der Waals surface area contributed by atoms with Crippen molar-refractivity contribution in [3.05, 3.63) is 30.1 Å². The maximum Gasteiger partial charge on any atom is 0.258 e. The summed E-state index contributed by atoms with van der Waals surface area (Å²) in [5.74, 6) is 0.967. The van der Waals surface area contributed by atoms with Gasteiger partial charge in [0.2, 0.25) is 5.91 Å². The molecule has 0 bridgehead atoms. The lowest BCUT2D eigenvalue weighted by atomic mass is 10.2. The molecule has 0 spiro atoms. The van der Waals surface area contributed by atoms with E-state index in [0.717, 1.165) is 23.3 Å². The van der Waals surface area contributed by atoms with Crippen molar-refractivity contribution < 1.29 is 9.59 Å². The molecule has 2 rings (SSSR count). The number of hydrazine groups is 1. The number of fused-ring (bicyclic) bond motifs is 1. The van der Waals surface area contributed by atoms with Crippen molar-refractivity contribution in [2.45, 2.75) is 26.8 Å². The van der Waals surface area contributed by atoms with E-state index in [1.807, 2.05) is 48.9 Å². The number of imidazole rings is 1. The summed E-state index contributed by atoms with van der Waals surface area (Å²) < 4.78 is 1.88. The molecule has 0 saturated heterocycles. The zero-order valence-electron chi connectivity index (χ0n) is 13.6. The van der Waals surface area contributed by atoms with Crippen LogP contribution in [0.5, 0.6) is 0 Å². The lowest BCUT2D eigenvalue weighted by Crippen LogP contribution is -2.45. The van der Waals surface area contributed by atoms with Crippen LogP contribution in [0.4, 0.5) is 0 Å². The molecule has 0 aliphatic rings. The second kappa shape index (κ2) is 8.01. The molecule has 2 aromatic rings. The highest BCUT2D eigenvalue weighted by molar-refractivity contribution is 7.98. The predicted molar refractivity (Wildman–Crippen MR) is 92.9 cm³/mol. The Morgan fingerprint density at radius 2 is 2.04 bits per heavy atom. The summed E-state index contributed by atoms with van der Waals surface area (Å²) in [4.78, 5) is 28.5. The number of aromatic nitrogens is 2. The molecule has 2 N–H and O–H groups in total. The van der Waals surface area contributed by atoms with Gasteiger partial charge in [-0.25, -0.2) is 4.98 Å². The van der Waals surface area contributed by atoms with Gasteiger partial charge in [0.1, 0.15) is 12.4 Å². The van der Waals surface area contributed by atoms with Gasteiger partial charge < -0.3 is 4.57 Å². The standard InChI is InChI=1S/C16H22N4O2S/c1-4-14-17-12-7-5-6-8-13(12)20(14)9-15(21)18-19-16(22)11(2)10-23-3/h5-8,11H,4,9-10H2,1-3H3,(H,18,21)(H,19,22)/t11-/m0/s1. The van der Waals surface area contributed by atoms with Gasteiger partial charge in [0.15, 0.2) is 0 Å².